The molecule has 90 valence electrons. The van der Waals surface area contributed by atoms with Crippen LogP contribution in [0.2, 0.25) is 0 Å². The molecule has 0 amide bonds. The van der Waals surface area contributed by atoms with E-state index in [1.54, 1.807) is 0 Å². The van der Waals surface area contributed by atoms with E-state index in [9.17, 15) is 13.6 Å². The van der Waals surface area contributed by atoms with E-state index >= 15 is 0 Å². The lowest BCUT2D eigenvalue weighted by molar-refractivity contribution is -0.0498. The predicted molar refractivity (Wildman–Crippen MR) is 60.1 cm³/mol. The number of terminal acetylenes is 1. The minimum atomic E-state index is -2.85. The van der Waals surface area contributed by atoms with Crippen LogP contribution in [-0.2, 0) is 0 Å². The Labute approximate surface area is 98.6 Å². The van der Waals surface area contributed by atoms with Crippen LogP contribution in [0.3, 0.4) is 0 Å². The van der Waals surface area contributed by atoms with Gasteiger partial charge in [0, 0.05) is 18.4 Å². The topological polar surface area (TPSA) is 26.3 Å². The van der Waals surface area contributed by atoms with Crippen molar-refractivity contribution in [3.05, 3.63) is 29.8 Å². The van der Waals surface area contributed by atoms with Gasteiger partial charge in [0.25, 0.3) is 0 Å². The maximum absolute atomic E-state index is 11.9. The van der Waals surface area contributed by atoms with Gasteiger partial charge in [-0.1, -0.05) is 0 Å². The van der Waals surface area contributed by atoms with Crippen molar-refractivity contribution in [2.45, 2.75) is 25.9 Å². The standard InChI is InChI=1S/C13H12F2O2/c1-2-3-4-5-12(16)10-6-8-11(9-7-10)17-13(14)15/h1,6-9,13H,3-5H2. The number of alkyl halides is 2. The van der Waals surface area contributed by atoms with E-state index in [1.807, 2.05) is 0 Å². The highest BCUT2D eigenvalue weighted by Crippen LogP contribution is 2.16. The van der Waals surface area contributed by atoms with Crippen LogP contribution in [0.25, 0.3) is 0 Å². The van der Waals surface area contributed by atoms with E-state index in [2.05, 4.69) is 10.7 Å². The quantitative estimate of drug-likeness (QED) is 0.432. The molecule has 17 heavy (non-hydrogen) atoms. The minimum Gasteiger partial charge on any atom is -0.435 e. The fourth-order valence-corrected chi connectivity index (χ4v) is 1.32. The summed E-state index contributed by atoms with van der Waals surface area (Å²) in [6.07, 6.45) is 6.61. The first-order chi connectivity index (χ1) is 8.13. The van der Waals surface area contributed by atoms with Gasteiger partial charge in [-0.15, -0.1) is 12.3 Å². The number of halogens is 2. The monoisotopic (exact) mass is 238 g/mol. The predicted octanol–water partition coefficient (Wildman–Crippen LogP) is 3.27. The summed E-state index contributed by atoms with van der Waals surface area (Å²) in [6, 6.07) is 5.63. The number of carbonyl (C=O) groups excluding carboxylic acids is 1. The summed E-state index contributed by atoms with van der Waals surface area (Å²) in [6.45, 7) is -2.85. The van der Waals surface area contributed by atoms with Crippen LogP contribution in [0.1, 0.15) is 29.6 Å². The molecule has 0 N–H and O–H groups in total. The molecule has 0 aliphatic rings. The van der Waals surface area contributed by atoms with Crippen LogP contribution in [0.4, 0.5) is 8.78 Å². The molecule has 1 aromatic carbocycles. The molecular formula is C13H12F2O2. The molecule has 0 bridgehead atoms. The highest BCUT2D eigenvalue weighted by atomic mass is 19.3. The zero-order valence-electron chi connectivity index (χ0n) is 9.16. The number of hydrogen-bond acceptors (Lipinski definition) is 2. The number of benzene rings is 1. The van der Waals surface area contributed by atoms with Crippen LogP contribution in [0.5, 0.6) is 5.75 Å². The molecule has 0 saturated heterocycles. The summed E-state index contributed by atoms with van der Waals surface area (Å²) in [5, 5.41) is 0. The first kappa shape index (κ1) is 13.2. The second kappa shape index (κ2) is 6.64. The fraction of sp³-hybridized carbons (Fsp3) is 0.308. The molecule has 0 saturated carbocycles. The molecule has 0 aliphatic carbocycles. The first-order valence-corrected chi connectivity index (χ1v) is 5.15. The third-order valence-corrected chi connectivity index (χ3v) is 2.13. The van der Waals surface area contributed by atoms with Crippen LogP contribution < -0.4 is 4.74 Å². The van der Waals surface area contributed by atoms with Gasteiger partial charge in [0.2, 0.25) is 0 Å². The summed E-state index contributed by atoms with van der Waals surface area (Å²) in [5.41, 5.74) is 0.476. The minimum absolute atomic E-state index is 0.0418. The largest absolute Gasteiger partial charge is 0.435 e. The number of hydrogen-bond donors (Lipinski definition) is 0. The van der Waals surface area contributed by atoms with Crippen molar-refractivity contribution in [2.75, 3.05) is 0 Å². The number of ether oxygens (including phenoxy) is 1. The van der Waals surface area contributed by atoms with Crippen molar-refractivity contribution >= 4 is 5.78 Å². The first-order valence-electron chi connectivity index (χ1n) is 5.15. The van der Waals surface area contributed by atoms with Crippen LogP contribution in [0, 0.1) is 12.3 Å². The van der Waals surface area contributed by atoms with Gasteiger partial charge in [-0.3, -0.25) is 4.79 Å². The third-order valence-electron chi connectivity index (χ3n) is 2.13. The summed E-state index contributed by atoms with van der Waals surface area (Å²) in [7, 11) is 0. The lowest BCUT2D eigenvalue weighted by Gasteiger charge is -2.05. The number of rotatable bonds is 6. The van der Waals surface area contributed by atoms with Gasteiger partial charge < -0.3 is 4.74 Å². The van der Waals surface area contributed by atoms with E-state index in [-0.39, 0.29) is 11.5 Å². The lowest BCUT2D eigenvalue weighted by Crippen LogP contribution is -2.03. The lowest BCUT2D eigenvalue weighted by atomic mass is 10.1. The number of carbonyl (C=O) groups is 1. The van der Waals surface area contributed by atoms with Gasteiger partial charge in [0.1, 0.15) is 5.75 Å². The van der Waals surface area contributed by atoms with Crippen molar-refractivity contribution in [1.82, 2.24) is 0 Å². The van der Waals surface area contributed by atoms with Crippen molar-refractivity contribution in [3.8, 4) is 18.1 Å². The molecule has 0 aliphatic heterocycles. The molecule has 0 spiro atoms. The second-order valence-corrected chi connectivity index (χ2v) is 3.38. The molecule has 0 atom stereocenters. The molecule has 0 radical (unpaired) electrons. The van der Waals surface area contributed by atoms with Gasteiger partial charge >= 0.3 is 6.61 Å². The Morgan fingerprint density at radius 3 is 2.53 bits per heavy atom. The Morgan fingerprint density at radius 1 is 1.35 bits per heavy atom. The average molecular weight is 238 g/mol. The molecule has 1 aromatic rings. The van der Waals surface area contributed by atoms with Crippen molar-refractivity contribution in [2.24, 2.45) is 0 Å². The third kappa shape index (κ3) is 4.64. The van der Waals surface area contributed by atoms with Crippen LogP contribution >= 0.6 is 0 Å². The van der Waals surface area contributed by atoms with Crippen LogP contribution in [0.15, 0.2) is 24.3 Å². The summed E-state index contributed by atoms with van der Waals surface area (Å²) in [5.74, 6) is 2.44. The molecule has 2 nitrogen and oxygen atoms in total. The van der Waals surface area contributed by atoms with E-state index in [0.717, 1.165) is 0 Å². The number of unbranched alkanes of at least 4 members (excludes halogenated alkanes) is 1. The molecule has 0 aromatic heterocycles. The number of ketones is 1. The molecular weight excluding hydrogens is 226 g/mol. The number of Topliss-reactive ketones (excluding diaryl/α,β-unsaturated/α-hetero) is 1. The SMILES string of the molecule is C#CCCCC(=O)c1ccc(OC(F)F)cc1. The Balaban J connectivity index is 2.55. The van der Waals surface area contributed by atoms with E-state index in [0.29, 0.717) is 24.8 Å². The molecule has 1 rings (SSSR count). The van der Waals surface area contributed by atoms with Gasteiger partial charge in [-0.25, -0.2) is 0 Å². The van der Waals surface area contributed by atoms with E-state index in [4.69, 9.17) is 6.42 Å². The van der Waals surface area contributed by atoms with Crippen molar-refractivity contribution < 1.29 is 18.3 Å². The second-order valence-electron chi connectivity index (χ2n) is 3.38. The maximum Gasteiger partial charge on any atom is 0.387 e. The Hall–Kier alpha value is -1.89. The van der Waals surface area contributed by atoms with Crippen molar-refractivity contribution in [1.29, 1.82) is 0 Å². The van der Waals surface area contributed by atoms with E-state index in [1.165, 1.54) is 24.3 Å². The highest BCUT2D eigenvalue weighted by Gasteiger charge is 2.07. The van der Waals surface area contributed by atoms with Gasteiger partial charge in [0.15, 0.2) is 5.78 Å². The zero-order chi connectivity index (χ0) is 12.7. The summed E-state index contributed by atoms with van der Waals surface area (Å²) in [4.78, 5) is 11.6. The van der Waals surface area contributed by atoms with Gasteiger partial charge in [-0.2, -0.15) is 8.78 Å². The molecule has 0 fully saturated rings. The van der Waals surface area contributed by atoms with Gasteiger partial charge in [-0.05, 0) is 30.7 Å². The van der Waals surface area contributed by atoms with Gasteiger partial charge in [0.05, 0.1) is 0 Å². The fourth-order valence-electron chi connectivity index (χ4n) is 1.32. The normalized spacial score (nSPS) is 10.0. The zero-order valence-corrected chi connectivity index (χ0v) is 9.16. The highest BCUT2D eigenvalue weighted by molar-refractivity contribution is 5.96. The average Bonchev–Trinajstić information content (AvgIpc) is 2.29. The summed E-state index contributed by atoms with van der Waals surface area (Å²) >= 11 is 0. The molecule has 4 heteroatoms. The Bertz CT molecular complexity index is 404. The molecule has 0 unspecified atom stereocenters. The Kier molecular flexibility index (Phi) is 5.15. The van der Waals surface area contributed by atoms with E-state index < -0.39 is 6.61 Å². The summed E-state index contributed by atoms with van der Waals surface area (Å²) < 4.78 is 27.9. The van der Waals surface area contributed by atoms with Crippen molar-refractivity contribution in [3.63, 3.8) is 0 Å². The smallest absolute Gasteiger partial charge is 0.387 e. The Morgan fingerprint density at radius 2 is 2.00 bits per heavy atom. The molecule has 0 heterocycles. The maximum atomic E-state index is 11.9. The van der Waals surface area contributed by atoms with Crippen LogP contribution in [-0.4, -0.2) is 12.4 Å².